The number of carboxylic acids is 1. The molecule has 10 nitrogen and oxygen atoms in total. The van der Waals surface area contributed by atoms with Crippen LogP contribution in [0, 0.1) is 0 Å². The van der Waals surface area contributed by atoms with Crippen LogP contribution in [0.4, 0.5) is 4.79 Å². The molecule has 10 heteroatoms. The van der Waals surface area contributed by atoms with Crippen molar-refractivity contribution in [1.82, 2.24) is 16.0 Å². The van der Waals surface area contributed by atoms with Gasteiger partial charge in [-0.05, 0) is 43.0 Å². The monoisotopic (exact) mass is 497 g/mol. The lowest BCUT2D eigenvalue weighted by Gasteiger charge is -2.19. The summed E-state index contributed by atoms with van der Waals surface area (Å²) in [5.74, 6) is -2.19. The van der Waals surface area contributed by atoms with Gasteiger partial charge in [-0.3, -0.25) is 14.4 Å². The van der Waals surface area contributed by atoms with Gasteiger partial charge >= 0.3 is 12.1 Å². The van der Waals surface area contributed by atoms with Gasteiger partial charge in [-0.15, -0.1) is 0 Å². The van der Waals surface area contributed by atoms with E-state index in [-0.39, 0.29) is 25.7 Å². The van der Waals surface area contributed by atoms with Crippen LogP contribution in [0.5, 0.6) is 0 Å². The summed E-state index contributed by atoms with van der Waals surface area (Å²) >= 11 is 0. The minimum atomic E-state index is -1.01. The van der Waals surface area contributed by atoms with Gasteiger partial charge in [0.2, 0.25) is 11.8 Å². The van der Waals surface area contributed by atoms with Crippen LogP contribution in [-0.4, -0.2) is 60.5 Å². The molecule has 0 aromatic heterocycles. The number of carbonyl (C=O) groups excluding carboxylic acids is 3. The lowest BCUT2D eigenvalue weighted by Crippen LogP contribution is -2.52. The van der Waals surface area contributed by atoms with Crippen LogP contribution in [-0.2, 0) is 23.9 Å². The van der Waals surface area contributed by atoms with Gasteiger partial charge in [-0.2, -0.15) is 0 Å². The second-order valence-electron chi connectivity index (χ2n) is 8.68. The molecule has 0 radical (unpaired) electrons. The number of amides is 3. The van der Waals surface area contributed by atoms with E-state index in [1.807, 2.05) is 48.5 Å². The molecule has 0 fully saturated rings. The lowest BCUT2D eigenvalue weighted by atomic mass is 9.98. The number of hydrogen-bond donors (Lipinski definition) is 4. The van der Waals surface area contributed by atoms with Crippen molar-refractivity contribution in [2.24, 2.45) is 0 Å². The number of nitrogens with one attached hydrogen (secondary N) is 3. The van der Waals surface area contributed by atoms with Crippen molar-refractivity contribution in [3.8, 4) is 11.1 Å². The molecular weight excluding hydrogens is 466 g/mol. The van der Waals surface area contributed by atoms with Crippen molar-refractivity contribution in [1.29, 1.82) is 0 Å². The molecule has 36 heavy (non-hydrogen) atoms. The highest BCUT2D eigenvalue weighted by Gasteiger charge is 2.29. The first kappa shape index (κ1) is 26.7. The molecule has 0 aliphatic heterocycles. The molecule has 2 aromatic rings. The molecule has 0 spiro atoms. The van der Waals surface area contributed by atoms with Crippen LogP contribution in [0.25, 0.3) is 11.1 Å². The highest BCUT2D eigenvalue weighted by Crippen LogP contribution is 2.44. The fourth-order valence-electron chi connectivity index (χ4n) is 4.00. The SMILES string of the molecule is C[C@H](CC(=O)O)OCNC(=O)[C@H](C)NC(=O)[C@H](C)NC(=O)OCC1c2ccccc2-c2ccccc21. The number of hydrogen-bond acceptors (Lipinski definition) is 6. The van der Waals surface area contributed by atoms with Crippen LogP contribution in [0.2, 0.25) is 0 Å². The fourth-order valence-corrected chi connectivity index (χ4v) is 4.00. The maximum Gasteiger partial charge on any atom is 0.407 e. The Morgan fingerprint density at radius 1 is 0.861 bits per heavy atom. The Morgan fingerprint density at radius 3 is 2.00 bits per heavy atom. The van der Waals surface area contributed by atoms with E-state index in [1.165, 1.54) is 13.8 Å². The summed E-state index contributed by atoms with van der Waals surface area (Å²) in [7, 11) is 0. The van der Waals surface area contributed by atoms with E-state index < -0.39 is 42.1 Å². The van der Waals surface area contributed by atoms with E-state index in [4.69, 9.17) is 14.6 Å². The lowest BCUT2D eigenvalue weighted by molar-refractivity contribution is -0.140. The zero-order valence-corrected chi connectivity index (χ0v) is 20.4. The van der Waals surface area contributed by atoms with E-state index in [2.05, 4.69) is 16.0 Å². The molecular formula is C26H31N3O7. The standard InChI is InChI=1S/C26H31N3O7/c1-15(12-23(30)31)36-14-27-24(32)16(2)28-25(33)17(3)29-26(34)35-13-22-20-10-6-4-8-18(20)19-9-5-7-11-21(19)22/h4-11,15-17,22H,12-14H2,1-3H3,(H,27,32)(H,28,33)(H,29,34)(H,30,31)/t15-,16+,17+/m1/s1. The summed E-state index contributed by atoms with van der Waals surface area (Å²) in [6.45, 7) is 4.46. The average Bonchev–Trinajstić information content (AvgIpc) is 3.15. The summed E-state index contributed by atoms with van der Waals surface area (Å²) in [6, 6.07) is 14.1. The zero-order chi connectivity index (χ0) is 26.2. The Balaban J connectivity index is 1.44. The Bertz CT molecular complexity index is 1070. The molecule has 192 valence electrons. The van der Waals surface area contributed by atoms with Gasteiger partial charge < -0.3 is 30.5 Å². The third-order valence-electron chi connectivity index (χ3n) is 5.90. The molecule has 0 unspecified atom stereocenters. The summed E-state index contributed by atoms with van der Waals surface area (Å²) in [4.78, 5) is 47.6. The maximum absolute atomic E-state index is 12.4. The van der Waals surface area contributed by atoms with Gasteiger partial charge in [0, 0.05) is 5.92 Å². The van der Waals surface area contributed by atoms with E-state index in [1.54, 1.807) is 6.92 Å². The normalized spacial score (nSPS) is 14.5. The minimum Gasteiger partial charge on any atom is -0.481 e. The van der Waals surface area contributed by atoms with Crippen molar-refractivity contribution in [3.05, 3.63) is 59.7 Å². The third kappa shape index (κ3) is 6.82. The van der Waals surface area contributed by atoms with Crippen LogP contribution in [0.15, 0.2) is 48.5 Å². The van der Waals surface area contributed by atoms with Gasteiger partial charge in [-0.1, -0.05) is 48.5 Å². The number of rotatable bonds is 11. The van der Waals surface area contributed by atoms with E-state index >= 15 is 0 Å². The minimum absolute atomic E-state index is 0.101. The summed E-state index contributed by atoms with van der Waals surface area (Å²) < 4.78 is 10.6. The Labute approximate surface area is 209 Å². The second kappa shape index (κ2) is 12.2. The van der Waals surface area contributed by atoms with Crippen LogP contribution in [0.3, 0.4) is 0 Å². The molecule has 1 aliphatic carbocycles. The molecule has 0 heterocycles. The van der Waals surface area contributed by atoms with Crippen molar-refractivity contribution in [3.63, 3.8) is 0 Å². The molecule has 0 saturated carbocycles. The number of carboxylic acid groups (broad SMARTS) is 1. The van der Waals surface area contributed by atoms with Crippen molar-refractivity contribution < 1.29 is 33.8 Å². The summed E-state index contributed by atoms with van der Waals surface area (Å²) in [6.07, 6.45) is -1.51. The number of aliphatic carboxylic acids is 1. The summed E-state index contributed by atoms with van der Waals surface area (Å²) in [5.41, 5.74) is 4.39. The quantitative estimate of drug-likeness (QED) is 0.349. The van der Waals surface area contributed by atoms with Crippen molar-refractivity contribution in [2.75, 3.05) is 13.3 Å². The zero-order valence-electron chi connectivity index (χ0n) is 20.4. The molecule has 3 amide bonds. The van der Waals surface area contributed by atoms with Crippen LogP contribution >= 0.6 is 0 Å². The van der Waals surface area contributed by atoms with Gasteiger partial charge in [0.25, 0.3) is 0 Å². The summed E-state index contributed by atoms with van der Waals surface area (Å²) in [5, 5.41) is 16.2. The van der Waals surface area contributed by atoms with Crippen molar-refractivity contribution in [2.45, 2.75) is 51.3 Å². The highest BCUT2D eigenvalue weighted by molar-refractivity contribution is 5.90. The number of carbonyl (C=O) groups is 4. The highest BCUT2D eigenvalue weighted by atomic mass is 16.5. The average molecular weight is 498 g/mol. The van der Waals surface area contributed by atoms with E-state index in [0.29, 0.717) is 0 Å². The second-order valence-corrected chi connectivity index (χ2v) is 8.68. The third-order valence-corrected chi connectivity index (χ3v) is 5.90. The fraction of sp³-hybridized carbons (Fsp3) is 0.385. The molecule has 4 N–H and O–H groups in total. The molecule has 3 rings (SSSR count). The number of alkyl carbamates (subject to hydrolysis) is 1. The van der Waals surface area contributed by atoms with Gasteiger partial charge in [0.05, 0.1) is 12.5 Å². The first-order valence-electron chi connectivity index (χ1n) is 11.7. The molecule has 3 atom stereocenters. The maximum atomic E-state index is 12.4. The number of benzene rings is 2. The smallest absolute Gasteiger partial charge is 0.407 e. The van der Waals surface area contributed by atoms with Crippen molar-refractivity contribution >= 4 is 23.9 Å². The predicted molar refractivity (Wildman–Crippen MR) is 131 cm³/mol. The van der Waals surface area contributed by atoms with E-state index in [9.17, 15) is 19.2 Å². The Hall–Kier alpha value is -3.92. The molecule has 2 aromatic carbocycles. The Morgan fingerprint density at radius 2 is 1.42 bits per heavy atom. The largest absolute Gasteiger partial charge is 0.481 e. The first-order valence-corrected chi connectivity index (χ1v) is 11.7. The predicted octanol–water partition coefficient (Wildman–Crippen LogP) is 2.37. The number of fused-ring (bicyclic) bond motifs is 3. The van der Waals surface area contributed by atoms with Gasteiger partial charge in [0.15, 0.2) is 0 Å². The van der Waals surface area contributed by atoms with Gasteiger partial charge in [-0.25, -0.2) is 4.79 Å². The molecule has 1 aliphatic rings. The number of ether oxygens (including phenoxy) is 2. The first-order chi connectivity index (χ1) is 17.2. The van der Waals surface area contributed by atoms with Crippen LogP contribution in [0.1, 0.15) is 44.2 Å². The molecule has 0 saturated heterocycles. The van der Waals surface area contributed by atoms with E-state index in [0.717, 1.165) is 22.3 Å². The molecule has 0 bridgehead atoms. The van der Waals surface area contributed by atoms with Gasteiger partial charge in [0.1, 0.15) is 25.4 Å². The van der Waals surface area contributed by atoms with Crippen LogP contribution < -0.4 is 16.0 Å². The topological polar surface area (TPSA) is 143 Å². The Kier molecular flexibility index (Phi) is 9.02.